The van der Waals surface area contributed by atoms with E-state index in [9.17, 15) is 9.18 Å². The number of halogens is 2. The molecule has 2 heterocycles. The van der Waals surface area contributed by atoms with Gasteiger partial charge in [0.15, 0.2) is 0 Å². The van der Waals surface area contributed by atoms with Gasteiger partial charge >= 0.3 is 0 Å². The third-order valence-corrected chi connectivity index (χ3v) is 5.86. The van der Waals surface area contributed by atoms with Crippen molar-refractivity contribution in [2.24, 2.45) is 5.92 Å². The number of amides is 1. The molecule has 0 saturated carbocycles. The van der Waals surface area contributed by atoms with Gasteiger partial charge in [-0.3, -0.25) is 4.79 Å². The molecule has 3 aliphatic rings. The van der Waals surface area contributed by atoms with Crippen LogP contribution in [0.4, 0.5) is 10.1 Å². The highest BCUT2D eigenvalue weighted by atomic mass is 35.5. The van der Waals surface area contributed by atoms with Crippen LogP contribution in [0.3, 0.4) is 0 Å². The maximum absolute atomic E-state index is 13.9. The van der Waals surface area contributed by atoms with E-state index in [1.54, 1.807) is 0 Å². The van der Waals surface area contributed by atoms with Crippen LogP contribution in [0.15, 0.2) is 66.5 Å². The predicted molar refractivity (Wildman–Crippen MR) is 108 cm³/mol. The van der Waals surface area contributed by atoms with Gasteiger partial charge in [0.2, 0.25) is 5.91 Å². The Balaban J connectivity index is 1.69. The van der Waals surface area contributed by atoms with Crippen molar-refractivity contribution in [3.8, 4) is 0 Å². The molecular weight excluding hydrogens is 377 g/mol. The maximum atomic E-state index is 13.9. The quantitative estimate of drug-likeness (QED) is 0.720. The summed E-state index contributed by atoms with van der Waals surface area (Å²) in [5, 5.41) is 3.45. The fourth-order valence-corrected chi connectivity index (χ4v) is 4.42. The molecule has 1 amide bonds. The minimum atomic E-state index is -0.421. The van der Waals surface area contributed by atoms with E-state index >= 15 is 0 Å². The SMILES string of the molecule is O=C1Cc2ccc(/C(Cl)=C3/c4ccccc4COC4C=C(F)C=CC34)cc2N1. The third kappa shape index (κ3) is 2.89. The Bertz CT molecular complexity index is 1090. The average molecular weight is 394 g/mol. The van der Waals surface area contributed by atoms with Crippen molar-refractivity contribution in [1.29, 1.82) is 0 Å². The lowest BCUT2D eigenvalue weighted by Crippen LogP contribution is -2.22. The van der Waals surface area contributed by atoms with Crippen molar-refractivity contribution in [3.63, 3.8) is 0 Å². The monoisotopic (exact) mass is 393 g/mol. The molecule has 0 aromatic heterocycles. The predicted octanol–water partition coefficient (Wildman–Crippen LogP) is 5.23. The molecule has 0 fully saturated rings. The standard InChI is InChI=1S/C23H17ClFNO2/c24-23(14-6-5-13-10-21(27)26-19(13)9-14)22-17-4-2-1-3-15(17)12-28-20-11-16(25)7-8-18(20)22/h1-9,11,18,20H,10,12H2,(H,26,27)/b23-22+. The summed E-state index contributed by atoms with van der Waals surface area (Å²) >= 11 is 6.94. The molecule has 5 heteroatoms. The molecule has 140 valence electrons. The summed E-state index contributed by atoms with van der Waals surface area (Å²) in [6.45, 7) is 0.392. The zero-order chi connectivity index (χ0) is 19.3. The van der Waals surface area contributed by atoms with Crippen LogP contribution in [-0.4, -0.2) is 12.0 Å². The van der Waals surface area contributed by atoms with E-state index < -0.39 is 6.10 Å². The fraction of sp³-hybridized carbons (Fsp3) is 0.174. The van der Waals surface area contributed by atoms with Crippen LogP contribution in [0, 0.1) is 5.92 Å². The van der Waals surface area contributed by atoms with Crippen LogP contribution in [-0.2, 0) is 22.6 Å². The Hall–Kier alpha value is -2.69. The third-order valence-electron chi connectivity index (χ3n) is 5.44. The molecule has 2 aromatic carbocycles. The summed E-state index contributed by atoms with van der Waals surface area (Å²) < 4.78 is 19.8. The van der Waals surface area contributed by atoms with E-state index in [1.165, 1.54) is 12.2 Å². The number of benzene rings is 2. The highest BCUT2D eigenvalue weighted by Gasteiger charge is 2.32. The largest absolute Gasteiger partial charge is 0.368 e. The number of carbonyl (C=O) groups excluding carboxylic acids is 1. The molecule has 1 aliphatic carbocycles. The smallest absolute Gasteiger partial charge is 0.228 e. The van der Waals surface area contributed by atoms with E-state index in [1.807, 2.05) is 48.5 Å². The first-order chi connectivity index (χ1) is 13.6. The van der Waals surface area contributed by atoms with E-state index in [4.69, 9.17) is 16.3 Å². The highest BCUT2D eigenvalue weighted by Crippen LogP contribution is 2.44. The van der Waals surface area contributed by atoms with Crippen molar-refractivity contribution in [1.82, 2.24) is 0 Å². The maximum Gasteiger partial charge on any atom is 0.228 e. The second-order valence-electron chi connectivity index (χ2n) is 7.19. The number of nitrogens with one attached hydrogen (secondary N) is 1. The lowest BCUT2D eigenvalue weighted by atomic mass is 9.83. The van der Waals surface area contributed by atoms with E-state index in [-0.39, 0.29) is 17.7 Å². The minimum absolute atomic E-state index is 0.0139. The van der Waals surface area contributed by atoms with Gasteiger partial charge < -0.3 is 10.1 Å². The number of hydrogen-bond donors (Lipinski definition) is 1. The molecule has 0 bridgehead atoms. The first-order valence-corrected chi connectivity index (χ1v) is 9.56. The van der Waals surface area contributed by atoms with Crippen molar-refractivity contribution in [2.45, 2.75) is 19.1 Å². The Morgan fingerprint density at radius 3 is 2.93 bits per heavy atom. The lowest BCUT2D eigenvalue weighted by molar-refractivity contribution is -0.115. The van der Waals surface area contributed by atoms with Gasteiger partial charge in [-0.25, -0.2) is 4.39 Å². The van der Waals surface area contributed by atoms with Gasteiger partial charge in [-0.1, -0.05) is 54.1 Å². The van der Waals surface area contributed by atoms with Crippen molar-refractivity contribution < 1.29 is 13.9 Å². The molecule has 2 aliphatic heterocycles. The van der Waals surface area contributed by atoms with Crippen molar-refractivity contribution in [3.05, 3.63) is 88.8 Å². The van der Waals surface area contributed by atoms with Gasteiger partial charge in [0.05, 0.1) is 24.2 Å². The van der Waals surface area contributed by atoms with Crippen LogP contribution < -0.4 is 5.32 Å². The summed E-state index contributed by atoms with van der Waals surface area (Å²) in [4.78, 5) is 11.7. The molecule has 0 spiro atoms. The summed E-state index contributed by atoms with van der Waals surface area (Å²) in [7, 11) is 0. The first kappa shape index (κ1) is 17.4. The topological polar surface area (TPSA) is 38.3 Å². The summed E-state index contributed by atoms with van der Waals surface area (Å²) in [5.74, 6) is -0.513. The molecule has 2 aromatic rings. The zero-order valence-corrected chi connectivity index (χ0v) is 15.7. The van der Waals surface area contributed by atoms with Crippen LogP contribution >= 0.6 is 11.6 Å². The number of carbonyl (C=O) groups is 1. The Labute approximate surface area is 167 Å². The Morgan fingerprint density at radius 1 is 1.18 bits per heavy atom. The second-order valence-corrected chi connectivity index (χ2v) is 7.57. The number of ether oxygens (including phenoxy) is 1. The summed E-state index contributed by atoms with van der Waals surface area (Å²) in [6, 6.07) is 13.7. The van der Waals surface area contributed by atoms with Crippen LogP contribution in [0.1, 0.15) is 22.3 Å². The summed E-state index contributed by atoms with van der Waals surface area (Å²) in [5.41, 5.74) is 5.50. The Morgan fingerprint density at radius 2 is 2.04 bits per heavy atom. The van der Waals surface area contributed by atoms with Gasteiger partial charge in [0.25, 0.3) is 0 Å². The van der Waals surface area contributed by atoms with Crippen LogP contribution in [0.5, 0.6) is 0 Å². The van der Waals surface area contributed by atoms with Gasteiger partial charge in [-0.05, 0) is 46.0 Å². The van der Waals surface area contributed by atoms with E-state index in [0.717, 1.165) is 33.5 Å². The van der Waals surface area contributed by atoms with Gasteiger partial charge in [0.1, 0.15) is 5.83 Å². The summed E-state index contributed by atoms with van der Waals surface area (Å²) in [6.07, 6.45) is 4.75. The molecule has 3 nitrogen and oxygen atoms in total. The van der Waals surface area contributed by atoms with E-state index in [2.05, 4.69) is 5.32 Å². The van der Waals surface area contributed by atoms with Gasteiger partial charge in [-0.15, -0.1) is 0 Å². The fourth-order valence-electron chi connectivity index (χ4n) is 4.08. The van der Waals surface area contributed by atoms with Crippen LogP contribution in [0.2, 0.25) is 0 Å². The number of anilines is 1. The second kappa shape index (κ2) is 6.73. The lowest BCUT2D eigenvalue weighted by Gasteiger charge is -2.25. The average Bonchev–Trinajstić information content (AvgIpc) is 2.99. The number of hydrogen-bond acceptors (Lipinski definition) is 2. The molecule has 0 radical (unpaired) electrons. The highest BCUT2D eigenvalue weighted by molar-refractivity contribution is 6.52. The van der Waals surface area contributed by atoms with Gasteiger partial charge in [0, 0.05) is 11.6 Å². The zero-order valence-electron chi connectivity index (χ0n) is 14.9. The molecule has 2 atom stereocenters. The molecular formula is C23H17ClFNO2. The first-order valence-electron chi connectivity index (χ1n) is 9.18. The van der Waals surface area contributed by atoms with E-state index in [0.29, 0.717) is 18.1 Å². The van der Waals surface area contributed by atoms with Gasteiger partial charge in [-0.2, -0.15) is 0 Å². The van der Waals surface area contributed by atoms with Crippen molar-refractivity contribution in [2.75, 3.05) is 5.32 Å². The van der Waals surface area contributed by atoms with Crippen molar-refractivity contribution >= 4 is 33.8 Å². The number of fused-ring (bicyclic) bond motifs is 3. The normalized spacial score (nSPS) is 24.5. The molecule has 2 unspecified atom stereocenters. The minimum Gasteiger partial charge on any atom is -0.368 e. The van der Waals surface area contributed by atoms with Crippen LogP contribution in [0.25, 0.3) is 10.6 Å². The molecule has 28 heavy (non-hydrogen) atoms. The molecule has 5 rings (SSSR count). The number of rotatable bonds is 1. The number of allylic oxidation sites excluding steroid dienone is 2. The molecule has 0 saturated heterocycles. The Kier molecular flexibility index (Phi) is 4.18. The molecule has 1 N–H and O–H groups in total.